The first kappa shape index (κ1) is 11.5. The van der Waals surface area contributed by atoms with E-state index >= 15 is 0 Å². The van der Waals surface area contributed by atoms with Crippen molar-refractivity contribution < 1.29 is 14.6 Å². The van der Waals surface area contributed by atoms with Crippen LogP contribution >= 0.6 is 0 Å². The van der Waals surface area contributed by atoms with E-state index in [4.69, 9.17) is 9.84 Å². The molecular formula is C10H19NO3. The maximum atomic E-state index is 11.1. The molecule has 4 heteroatoms. The summed E-state index contributed by atoms with van der Waals surface area (Å²) in [4.78, 5) is 13.0. The molecule has 0 aromatic rings. The normalized spacial score (nSPS) is 30.3. The molecule has 0 aromatic heterocycles. The molecule has 1 saturated heterocycles. The van der Waals surface area contributed by atoms with Gasteiger partial charge in [0, 0.05) is 13.1 Å². The molecule has 14 heavy (non-hydrogen) atoms. The molecule has 1 fully saturated rings. The Balaban J connectivity index is 2.72. The van der Waals surface area contributed by atoms with Crippen molar-refractivity contribution in [1.82, 2.24) is 4.90 Å². The van der Waals surface area contributed by atoms with Gasteiger partial charge in [-0.25, -0.2) is 0 Å². The van der Waals surface area contributed by atoms with Gasteiger partial charge < -0.3 is 9.84 Å². The summed E-state index contributed by atoms with van der Waals surface area (Å²) in [6.45, 7) is 8.79. The van der Waals surface area contributed by atoms with Crippen molar-refractivity contribution in [3.8, 4) is 0 Å². The van der Waals surface area contributed by atoms with Gasteiger partial charge in [0.15, 0.2) is 0 Å². The van der Waals surface area contributed by atoms with Crippen molar-refractivity contribution in [2.24, 2.45) is 0 Å². The number of ether oxygens (including phenoxy) is 1. The molecule has 82 valence electrons. The predicted octanol–water partition coefficient (Wildman–Crippen LogP) is 0.959. The number of carboxylic acids is 1. The monoisotopic (exact) mass is 201 g/mol. The highest BCUT2D eigenvalue weighted by Crippen LogP contribution is 2.21. The Morgan fingerprint density at radius 1 is 1.36 bits per heavy atom. The van der Waals surface area contributed by atoms with Gasteiger partial charge in [-0.05, 0) is 27.7 Å². The largest absolute Gasteiger partial charge is 0.480 e. The third-order valence-corrected chi connectivity index (χ3v) is 2.73. The number of carbonyl (C=O) groups is 1. The van der Waals surface area contributed by atoms with Crippen LogP contribution in [0, 0.1) is 0 Å². The molecule has 1 aliphatic heterocycles. The lowest BCUT2D eigenvalue weighted by atomic mass is 10.0. The topological polar surface area (TPSA) is 49.8 Å². The van der Waals surface area contributed by atoms with E-state index in [0.717, 1.165) is 0 Å². The van der Waals surface area contributed by atoms with E-state index in [2.05, 4.69) is 0 Å². The van der Waals surface area contributed by atoms with Gasteiger partial charge in [-0.15, -0.1) is 0 Å². The standard InChI is InChI=1S/C10H19NO3/c1-7-5-11(6-8(2)14-7)10(3,4)9(12)13/h7-8H,5-6H2,1-4H3,(H,12,13)/t7-,8-/m1/s1. The van der Waals surface area contributed by atoms with Crippen LogP contribution < -0.4 is 0 Å². The van der Waals surface area contributed by atoms with Gasteiger partial charge in [-0.3, -0.25) is 9.69 Å². The molecule has 0 amide bonds. The number of rotatable bonds is 2. The Morgan fingerprint density at radius 3 is 2.14 bits per heavy atom. The molecule has 4 nitrogen and oxygen atoms in total. The molecule has 0 aromatic carbocycles. The molecule has 0 saturated carbocycles. The Morgan fingerprint density at radius 2 is 1.79 bits per heavy atom. The average Bonchev–Trinajstić information content (AvgIpc) is 2.01. The van der Waals surface area contributed by atoms with E-state index in [9.17, 15) is 4.79 Å². The zero-order valence-corrected chi connectivity index (χ0v) is 9.28. The molecule has 1 rings (SSSR count). The molecule has 1 N–H and O–H groups in total. The maximum Gasteiger partial charge on any atom is 0.323 e. The summed E-state index contributed by atoms with van der Waals surface area (Å²) in [5.74, 6) is -0.779. The summed E-state index contributed by atoms with van der Waals surface area (Å²) in [6.07, 6.45) is 0.217. The molecule has 0 aliphatic carbocycles. The summed E-state index contributed by atoms with van der Waals surface area (Å²) >= 11 is 0. The zero-order valence-electron chi connectivity index (χ0n) is 9.28. The van der Waals surface area contributed by atoms with E-state index in [1.54, 1.807) is 13.8 Å². The minimum atomic E-state index is -0.799. The predicted molar refractivity (Wildman–Crippen MR) is 53.3 cm³/mol. The van der Waals surface area contributed by atoms with E-state index in [-0.39, 0.29) is 12.2 Å². The number of morpholine rings is 1. The van der Waals surface area contributed by atoms with Crippen LogP contribution in [-0.2, 0) is 9.53 Å². The van der Waals surface area contributed by atoms with E-state index in [1.165, 1.54) is 0 Å². The van der Waals surface area contributed by atoms with E-state index in [0.29, 0.717) is 13.1 Å². The summed E-state index contributed by atoms with van der Waals surface area (Å²) in [6, 6.07) is 0. The Labute approximate surface area is 84.8 Å². The molecule has 1 heterocycles. The fourth-order valence-electron chi connectivity index (χ4n) is 1.77. The van der Waals surface area contributed by atoms with Crippen LogP contribution in [0.4, 0.5) is 0 Å². The first-order valence-electron chi connectivity index (χ1n) is 4.98. The van der Waals surface area contributed by atoms with Crippen LogP contribution in [0.15, 0.2) is 0 Å². The quantitative estimate of drug-likeness (QED) is 0.723. The van der Waals surface area contributed by atoms with Gasteiger partial charge in [0.2, 0.25) is 0 Å². The minimum Gasteiger partial charge on any atom is -0.480 e. The van der Waals surface area contributed by atoms with Gasteiger partial charge in [-0.2, -0.15) is 0 Å². The fourth-order valence-corrected chi connectivity index (χ4v) is 1.77. The summed E-state index contributed by atoms with van der Waals surface area (Å²) in [5, 5.41) is 9.08. The first-order chi connectivity index (χ1) is 6.34. The van der Waals surface area contributed by atoms with Crippen molar-refractivity contribution in [2.45, 2.75) is 45.4 Å². The highest BCUT2D eigenvalue weighted by Gasteiger charge is 2.38. The van der Waals surface area contributed by atoms with Gasteiger partial charge in [-0.1, -0.05) is 0 Å². The first-order valence-corrected chi connectivity index (χ1v) is 4.98. The lowest BCUT2D eigenvalue weighted by Crippen LogP contribution is -2.58. The maximum absolute atomic E-state index is 11.1. The second-order valence-electron chi connectivity index (χ2n) is 4.53. The Hall–Kier alpha value is -0.610. The Bertz CT molecular complexity index is 217. The number of carboxylic acid groups (broad SMARTS) is 1. The van der Waals surface area contributed by atoms with Gasteiger partial charge >= 0.3 is 5.97 Å². The van der Waals surface area contributed by atoms with Crippen LogP contribution in [0.25, 0.3) is 0 Å². The minimum absolute atomic E-state index is 0.109. The van der Waals surface area contributed by atoms with Crippen LogP contribution in [-0.4, -0.2) is 46.8 Å². The number of hydrogen-bond donors (Lipinski definition) is 1. The van der Waals surface area contributed by atoms with Crippen molar-refractivity contribution >= 4 is 5.97 Å². The SMILES string of the molecule is C[C@@H]1CN(C(C)(C)C(=O)O)C[C@@H](C)O1. The van der Waals surface area contributed by atoms with Crippen LogP contribution in [0.2, 0.25) is 0 Å². The van der Waals surface area contributed by atoms with Gasteiger partial charge in [0.25, 0.3) is 0 Å². The number of aliphatic carboxylic acids is 1. The average molecular weight is 201 g/mol. The molecule has 0 bridgehead atoms. The summed E-state index contributed by atoms with van der Waals surface area (Å²) < 4.78 is 5.56. The van der Waals surface area contributed by atoms with Gasteiger partial charge in [0.05, 0.1) is 12.2 Å². The molecule has 1 aliphatic rings. The van der Waals surface area contributed by atoms with Crippen molar-refractivity contribution in [2.75, 3.05) is 13.1 Å². The van der Waals surface area contributed by atoms with Crippen molar-refractivity contribution in [1.29, 1.82) is 0 Å². The lowest BCUT2D eigenvalue weighted by molar-refractivity contribution is -0.157. The molecule has 0 radical (unpaired) electrons. The second kappa shape index (κ2) is 3.87. The third-order valence-electron chi connectivity index (χ3n) is 2.73. The van der Waals surface area contributed by atoms with Crippen LogP contribution in [0.1, 0.15) is 27.7 Å². The Kier molecular flexibility index (Phi) is 3.17. The number of hydrogen-bond acceptors (Lipinski definition) is 3. The number of nitrogens with zero attached hydrogens (tertiary/aromatic N) is 1. The van der Waals surface area contributed by atoms with Crippen molar-refractivity contribution in [3.63, 3.8) is 0 Å². The van der Waals surface area contributed by atoms with Crippen molar-refractivity contribution in [3.05, 3.63) is 0 Å². The third kappa shape index (κ3) is 2.25. The van der Waals surface area contributed by atoms with E-state index in [1.807, 2.05) is 18.7 Å². The molecule has 0 spiro atoms. The highest BCUT2D eigenvalue weighted by molar-refractivity contribution is 5.77. The summed E-state index contributed by atoms with van der Waals surface area (Å²) in [5.41, 5.74) is -0.799. The van der Waals surface area contributed by atoms with Gasteiger partial charge in [0.1, 0.15) is 5.54 Å². The lowest BCUT2D eigenvalue weighted by Gasteiger charge is -2.42. The zero-order chi connectivity index (χ0) is 10.9. The highest BCUT2D eigenvalue weighted by atomic mass is 16.5. The smallest absolute Gasteiger partial charge is 0.323 e. The fraction of sp³-hybridized carbons (Fsp3) is 0.900. The second-order valence-corrected chi connectivity index (χ2v) is 4.53. The molecule has 2 atom stereocenters. The molecule has 0 unspecified atom stereocenters. The summed E-state index contributed by atoms with van der Waals surface area (Å²) in [7, 11) is 0. The van der Waals surface area contributed by atoms with E-state index < -0.39 is 11.5 Å². The van der Waals surface area contributed by atoms with Crippen LogP contribution in [0.5, 0.6) is 0 Å². The molecular weight excluding hydrogens is 182 g/mol. The van der Waals surface area contributed by atoms with Crippen LogP contribution in [0.3, 0.4) is 0 Å².